The molecule has 2 aromatic rings. The van der Waals surface area contributed by atoms with Crippen LogP contribution in [0.3, 0.4) is 0 Å². The molecule has 1 aromatic carbocycles. The maximum atomic E-state index is 5.79. The van der Waals surface area contributed by atoms with E-state index in [0.717, 1.165) is 21.2 Å². The average molecular weight is 277 g/mol. The fourth-order valence-electron chi connectivity index (χ4n) is 1.59. The molecule has 16 heavy (non-hydrogen) atoms. The summed E-state index contributed by atoms with van der Waals surface area (Å²) in [6.07, 6.45) is 0. The summed E-state index contributed by atoms with van der Waals surface area (Å²) in [7, 11) is 0. The molecule has 1 aromatic heterocycles. The molecule has 0 spiro atoms. The van der Waals surface area contributed by atoms with Gasteiger partial charge in [0.15, 0.2) is 0 Å². The van der Waals surface area contributed by atoms with Gasteiger partial charge in [-0.15, -0.1) is 0 Å². The smallest absolute Gasteiger partial charge is 0.134 e. The van der Waals surface area contributed by atoms with Crippen LogP contribution in [0, 0.1) is 13.8 Å². The molecule has 1 nitrogen and oxygen atoms in total. The second-order valence-corrected chi connectivity index (χ2v) is 4.56. The molecule has 1 heterocycles. The van der Waals surface area contributed by atoms with Crippen molar-refractivity contribution in [3.8, 4) is 0 Å². The van der Waals surface area contributed by atoms with Crippen molar-refractivity contribution in [3.63, 3.8) is 0 Å². The minimum absolute atomic E-state index is 0.888. The highest BCUT2D eigenvalue weighted by atomic mass is 79.9. The number of aryl methyl sites for hydroxylation is 2. The zero-order chi connectivity index (χ0) is 11.5. The van der Waals surface area contributed by atoms with Crippen LogP contribution in [0.15, 0.2) is 51.4 Å². The molecule has 82 valence electrons. The fraction of sp³-hybridized carbons (Fsp3) is 0.143. The molecule has 0 atom stereocenters. The number of benzene rings is 1. The topological polar surface area (TPSA) is 13.1 Å². The Morgan fingerprint density at radius 2 is 1.69 bits per heavy atom. The average Bonchev–Trinajstić information content (AvgIpc) is 2.32. The van der Waals surface area contributed by atoms with E-state index in [4.69, 9.17) is 4.42 Å². The van der Waals surface area contributed by atoms with Crippen molar-refractivity contribution < 1.29 is 4.42 Å². The van der Waals surface area contributed by atoms with Crippen LogP contribution in [0.1, 0.15) is 11.3 Å². The summed E-state index contributed by atoms with van der Waals surface area (Å²) < 4.78 is 6.87. The van der Waals surface area contributed by atoms with Gasteiger partial charge in [-0.05, 0) is 37.6 Å². The second kappa shape index (κ2) is 4.71. The molecule has 0 bridgehead atoms. The molecule has 0 N–H and O–H groups in total. The summed E-state index contributed by atoms with van der Waals surface area (Å²) in [4.78, 5) is 0. The van der Waals surface area contributed by atoms with Crippen molar-refractivity contribution in [2.24, 2.45) is 0 Å². The van der Waals surface area contributed by atoms with E-state index in [-0.39, 0.29) is 0 Å². The minimum atomic E-state index is 0.888. The van der Waals surface area contributed by atoms with Crippen molar-refractivity contribution in [1.29, 1.82) is 0 Å². The molecule has 0 aliphatic carbocycles. The van der Waals surface area contributed by atoms with Crippen molar-refractivity contribution in [2.45, 2.75) is 13.8 Å². The van der Waals surface area contributed by atoms with Crippen LogP contribution >= 0.6 is 15.9 Å². The lowest BCUT2D eigenvalue weighted by Gasteiger charge is -1.98. The summed E-state index contributed by atoms with van der Waals surface area (Å²) in [5, 5.41) is 1.12. The van der Waals surface area contributed by atoms with Crippen LogP contribution in [-0.2, 0) is 0 Å². The number of halogens is 1. The summed E-state index contributed by atoms with van der Waals surface area (Å²) in [6, 6.07) is 14.0. The van der Waals surface area contributed by atoms with Crippen molar-refractivity contribution in [1.82, 2.24) is 0 Å². The number of rotatable bonds is 0. The molecule has 0 saturated carbocycles. The quantitative estimate of drug-likeness (QED) is 0.665. The highest BCUT2D eigenvalue weighted by molar-refractivity contribution is 9.10. The van der Waals surface area contributed by atoms with Gasteiger partial charge in [0.05, 0.1) is 0 Å². The molecule has 0 amide bonds. The van der Waals surface area contributed by atoms with E-state index in [1.54, 1.807) is 0 Å². The molecule has 2 rings (SSSR count). The number of fused-ring (bicyclic) bond motifs is 1. The van der Waals surface area contributed by atoms with E-state index in [0.29, 0.717) is 0 Å². The van der Waals surface area contributed by atoms with Gasteiger partial charge >= 0.3 is 0 Å². The van der Waals surface area contributed by atoms with Gasteiger partial charge in [-0.25, -0.2) is 0 Å². The highest BCUT2D eigenvalue weighted by Crippen LogP contribution is 2.22. The fourth-order valence-corrected chi connectivity index (χ4v) is 1.96. The predicted octanol–water partition coefficient (Wildman–Crippen LogP) is 4.94. The third-order valence-electron chi connectivity index (χ3n) is 2.49. The lowest BCUT2D eigenvalue weighted by molar-refractivity contribution is 0.569. The van der Waals surface area contributed by atoms with E-state index >= 15 is 0 Å². The first-order valence-corrected chi connectivity index (χ1v) is 5.96. The van der Waals surface area contributed by atoms with Crippen LogP contribution in [-0.4, -0.2) is 0 Å². The van der Waals surface area contributed by atoms with Gasteiger partial charge < -0.3 is 4.42 Å². The molecule has 2 heteroatoms. The van der Waals surface area contributed by atoms with Gasteiger partial charge in [0.2, 0.25) is 0 Å². The van der Waals surface area contributed by atoms with Crippen LogP contribution < -0.4 is 0 Å². The molecular formula is C14H13BrO. The molecule has 0 unspecified atom stereocenters. The molecule has 0 aliphatic rings. The Morgan fingerprint density at radius 3 is 2.50 bits per heavy atom. The van der Waals surface area contributed by atoms with Gasteiger partial charge in [0.25, 0.3) is 0 Å². The van der Waals surface area contributed by atoms with E-state index in [1.807, 2.05) is 43.3 Å². The molecule has 0 fully saturated rings. The van der Waals surface area contributed by atoms with Gasteiger partial charge in [-0.3, -0.25) is 0 Å². The SMILES string of the molecule is Cc1cccc(Br)c(C)c2ccccc2o1. The predicted molar refractivity (Wildman–Crippen MR) is 71.0 cm³/mol. The first kappa shape index (κ1) is 11.2. The van der Waals surface area contributed by atoms with Crippen molar-refractivity contribution >= 4 is 26.9 Å². The van der Waals surface area contributed by atoms with Crippen molar-refractivity contribution in [2.75, 3.05) is 0 Å². The Balaban J connectivity index is 3.00. The van der Waals surface area contributed by atoms with E-state index < -0.39 is 0 Å². The number of para-hydroxylation sites is 1. The Kier molecular flexibility index (Phi) is 3.30. The van der Waals surface area contributed by atoms with Crippen LogP contribution in [0.4, 0.5) is 0 Å². The molecular weight excluding hydrogens is 264 g/mol. The van der Waals surface area contributed by atoms with Gasteiger partial charge in [0.1, 0.15) is 11.3 Å². The van der Waals surface area contributed by atoms with E-state index in [1.165, 1.54) is 5.56 Å². The zero-order valence-electron chi connectivity index (χ0n) is 9.33. The highest BCUT2D eigenvalue weighted by Gasteiger charge is 1.98. The summed E-state index contributed by atoms with van der Waals surface area (Å²) in [6.45, 7) is 4.03. The normalized spacial score (nSPS) is 10.2. The standard InChI is InChI=1S/C14H13BrO/c1-10-6-5-8-13(15)11(2)12-7-3-4-9-14(12)16-10/h3-9H,1-2H3. The maximum Gasteiger partial charge on any atom is 0.134 e. The van der Waals surface area contributed by atoms with Crippen LogP contribution in [0.25, 0.3) is 11.0 Å². The minimum Gasteiger partial charge on any atom is -0.461 e. The van der Waals surface area contributed by atoms with E-state index in [2.05, 4.69) is 28.9 Å². The zero-order valence-corrected chi connectivity index (χ0v) is 10.9. The van der Waals surface area contributed by atoms with Crippen LogP contribution in [0.5, 0.6) is 0 Å². The number of hydrogen-bond acceptors (Lipinski definition) is 1. The molecule has 0 aliphatic heterocycles. The van der Waals surface area contributed by atoms with Crippen molar-refractivity contribution in [3.05, 3.63) is 58.3 Å². The van der Waals surface area contributed by atoms with Crippen LogP contribution in [0.2, 0.25) is 0 Å². The third-order valence-corrected chi connectivity index (χ3v) is 3.35. The molecule has 0 saturated heterocycles. The Hall–Kier alpha value is -1.28. The summed E-state index contributed by atoms with van der Waals surface area (Å²) in [5.41, 5.74) is 2.07. The Bertz CT molecular complexity index is 568. The lowest BCUT2D eigenvalue weighted by atomic mass is 10.1. The maximum absolute atomic E-state index is 5.79. The summed E-state index contributed by atoms with van der Waals surface area (Å²) >= 11 is 3.57. The number of hydrogen-bond donors (Lipinski definition) is 0. The third kappa shape index (κ3) is 2.27. The largest absolute Gasteiger partial charge is 0.461 e. The monoisotopic (exact) mass is 276 g/mol. The Labute approximate surface area is 104 Å². The summed E-state index contributed by atoms with van der Waals surface area (Å²) in [5.74, 6) is 0.888. The Morgan fingerprint density at radius 1 is 0.938 bits per heavy atom. The first-order valence-electron chi connectivity index (χ1n) is 5.17. The second-order valence-electron chi connectivity index (χ2n) is 3.71. The van der Waals surface area contributed by atoms with Gasteiger partial charge in [-0.2, -0.15) is 0 Å². The van der Waals surface area contributed by atoms with E-state index in [9.17, 15) is 0 Å². The van der Waals surface area contributed by atoms with Gasteiger partial charge in [0, 0.05) is 9.86 Å². The lowest BCUT2D eigenvalue weighted by Crippen LogP contribution is -1.75. The van der Waals surface area contributed by atoms with Gasteiger partial charge in [-0.1, -0.05) is 40.2 Å². The first-order chi connectivity index (χ1) is 7.68. The molecule has 0 radical (unpaired) electrons.